The Balaban J connectivity index is 2.78. The molecule has 0 fully saturated rings. The van der Waals surface area contributed by atoms with Crippen molar-refractivity contribution in [2.75, 3.05) is 11.9 Å². The van der Waals surface area contributed by atoms with Crippen LogP contribution in [0.5, 0.6) is 0 Å². The van der Waals surface area contributed by atoms with Gasteiger partial charge in [0.05, 0.1) is 11.8 Å². The number of nitrogens with zero attached hydrogens (tertiary/aromatic N) is 2. The Morgan fingerprint density at radius 2 is 2.25 bits per heavy atom. The van der Waals surface area contributed by atoms with Gasteiger partial charge in [0.25, 0.3) is 0 Å². The first kappa shape index (κ1) is 12.8. The van der Waals surface area contributed by atoms with Crippen LogP contribution in [0.1, 0.15) is 32.8 Å². The van der Waals surface area contributed by atoms with E-state index in [-0.39, 0.29) is 5.41 Å². The summed E-state index contributed by atoms with van der Waals surface area (Å²) in [5.41, 5.74) is 6.57. The minimum Gasteiger partial charge on any atom is -0.389 e. The Hall–Kier alpha value is -1.23. The first-order valence-corrected chi connectivity index (χ1v) is 5.72. The van der Waals surface area contributed by atoms with Crippen LogP contribution in [0.4, 0.5) is 5.82 Å². The Kier molecular flexibility index (Phi) is 4.18. The number of thiocarbonyl (C=S) groups is 1. The van der Waals surface area contributed by atoms with E-state index in [0.717, 1.165) is 18.5 Å². The second-order valence-corrected chi connectivity index (χ2v) is 4.97. The minimum absolute atomic E-state index is 0.213. The molecule has 1 aromatic heterocycles. The summed E-state index contributed by atoms with van der Waals surface area (Å²) in [6.07, 6.45) is 2.67. The highest BCUT2D eigenvalue weighted by molar-refractivity contribution is 7.80. The summed E-state index contributed by atoms with van der Waals surface area (Å²) in [4.78, 5) is 0.340. The molecule has 0 atom stereocenters. The van der Waals surface area contributed by atoms with Crippen molar-refractivity contribution in [2.45, 2.75) is 27.2 Å². The summed E-state index contributed by atoms with van der Waals surface area (Å²) in [6.45, 7) is 7.36. The van der Waals surface area contributed by atoms with Crippen molar-refractivity contribution in [1.29, 1.82) is 0 Å². The molecule has 0 saturated heterocycles. The van der Waals surface area contributed by atoms with Crippen molar-refractivity contribution in [3.8, 4) is 0 Å². The number of nitrogens with two attached hydrogens (primary N) is 1. The largest absolute Gasteiger partial charge is 0.389 e. The maximum Gasteiger partial charge on any atom is 0.158 e. The Labute approximate surface area is 102 Å². The van der Waals surface area contributed by atoms with Gasteiger partial charge in [0, 0.05) is 6.54 Å². The van der Waals surface area contributed by atoms with E-state index in [9.17, 15) is 0 Å². The maximum absolute atomic E-state index is 5.61. The van der Waals surface area contributed by atoms with Crippen molar-refractivity contribution >= 4 is 23.0 Å². The molecule has 1 heterocycles. The van der Waals surface area contributed by atoms with E-state index in [2.05, 4.69) is 36.3 Å². The maximum atomic E-state index is 5.61. The summed E-state index contributed by atoms with van der Waals surface area (Å²) in [6, 6.07) is 1.77. The monoisotopic (exact) mass is 238 g/mol. The lowest BCUT2D eigenvalue weighted by molar-refractivity contribution is 0.376. The molecule has 4 nitrogen and oxygen atoms in total. The molecule has 0 radical (unpaired) electrons. The minimum atomic E-state index is 0.213. The molecule has 0 spiro atoms. The van der Waals surface area contributed by atoms with Crippen molar-refractivity contribution in [3.05, 3.63) is 17.8 Å². The summed E-state index contributed by atoms with van der Waals surface area (Å²) in [5.74, 6) is 0.663. The van der Waals surface area contributed by atoms with Crippen LogP contribution >= 0.6 is 12.2 Å². The number of hydrogen-bond acceptors (Lipinski definition) is 4. The van der Waals surface area contributed by atoms with Crippen LogP contribution < -0.4 is 11.1 Å². The van der Waals surface area contributed by atoms with Crippen LogP contribution in [0.25, 0.3) is 0 Å². The van der Waals surface area contributed by atoms with Gasteiger partial charge in [-0.3, -0.25) is 0 Å². The highest BCUT2D eigenvalue weighted by atomic mass is 32.1. The van der Waals surface area contributed by atoms with Crippen LogP contribution in [-0.4, -0.2) is 21.7 Å². The Morgan fingerprint density at radius 1 is 1.56 bits per heavy atom. The predicted octanol–water partition coefficient (Wildman–Crippen LogP) is 1.96. The number of hydrogen-bond donors (Lipinski definition) is 2. The number of rotatable bonds is 5. The lowest BCUT2D eigenvalue weighted by Gasteiger charge is -2.23. The van der Waals surface area contributed by atoms with E-state index in [0.29, 0.717) is 10.8 Å². The molecule has 0 aliphatic rings. The zero-order valence-electron chi connectivity index (χ0n) is 9.95. The molecule has 0 unspecified atom stereocenters. The van der Waals surface area contributed by atoms with Gasteiger partial charge in [-0.25, -0.2) is 0 Å². The van der Waals surface area contributed by atoms with Gasteiger partial charge in [-0.15, -0.1) is 5.10 Å². The molecule has 0 saturated carbocycles. The fraction of sp³-hybridized carbons (Fsp3) is 0.545. The number of nitrogens with one attached hydrogen (secondary N) is 1. The molecule has 1 aromatic rings. The van der Waals surface area contributed by atoms with Crippen molar-refractivity contribution in [3.63, 3.8) is 0 Å². The quantitative estimate of drug-likeness (QED) is 0.768. The van der Waals surface area contributed by atoms with Crippen LogP contribution in [0.2, 0.25) is 0 Å². The normalized spacial score (nSPS) is 11.2. The smallest absolute Gasteiger partial charge is 0.158 e. The van der Waals surface area contributed by atoms with E-state index in [1.54, 1.807) is 12.3 Å². The van der Waals surface area contributed by atoms with Gasteiger partial charge in [0.1, 0.15) is 4.99 Å². The fourth-order valence-corrected chi connectivity index (χ4v) is 1.27. The summed E-state index contributed by atoms with van der Waals surface area (Å²) >= 11 is 4.96. The van der Waals surface area contributed by atoms with Gasteiger partial charge >= 0.3 is 0 Å². The molecule has 5 heteroatoms. The van der Waals surface area contributed by atoms with E-state index < -0.39 is 0 Å². The summed E-state index contributed by atoms with van der Waals surface area (Å²) < 4.78 is 0. The lowest BCUT2D eigenvalue weighted by atomic mass is 9.90. The molecule has 88 valence electrons. The first-order valence-electron chi connectivity index (χ1n) is 5.31. The first-order chi connectivity index (χ1) is 7.46. The molecular formula is C11H18N4S. The average Bonchev–Trinajstić information content (AvgIpc) is 2.27. The molecular weight excluding hydrogens is 220 g/mol. The van der Waals surface area contributed by atoms with Gasteiger partial charge in [-0.2, -0.15) is 5.10 Å². The fourth-order valence-electron chi connectivity index (χ4n) is 1.11. The molecule has 16 heavy (non-hydrogen) atoms. The summed E-state index contributed by atoms with van der Waals surface area (Å²) in [5, 5.41) is 11.1. The standard InChI is InChI=1S/C11H18N4S/c1-4-11(2,3)7-13-10-8(9(12)16)5-6-14-15-10/h5-6H,4,7H2,1-3H3,(H2,12,16)(H,13,15). The molecule has 0 aliphatic carbocycles. The lowest BCUT2D eigenvalue weighted by Crippen LogP contribution is -2.24. The van der Waals surface area contributed by atoms with Crippen LogP contribution in [0.3, 0.4) is 0 Å². The Morgan fingerprint density at radius 3 is 2.81 bits per heavy atom. The second-order valence-electron chi connectivity index (χ2n) is 4.53. The van der Waals surface area contributed by atoms with Gasteiger partial charge in [-0.1, -0.05) is 33.0 Å². The molecule has 0 aromatic carbocycles. The zero-order chi connectivity index (χ0) is 12.2. The Bertz CT molecular complexity index is 376. The highest BCUT2D eigenvalue weighted by Gasteiger charge is 2.16. The summed E-state index contributed by atoms with van der Waals surface area (Å²) in [7, 11) is 0. The highest BCUT2D eigenvalue weighted by Crippen LogP contribution is 2.20. The third-order valence-electron chi connectivity index (χ3n) is 2.68. The SMILES string of the molecule is CCC(C)(C)CNc1nnccc1C(N)=S. The third kappa shape index (κ3) is 3.41. The van der Waals surface area contributed by atoms with Crippen molar-refractivity contribution in [1.82, 2.24) is 10.2 Å². The molecule has 1 rings (SSSR count). The molecule has 0 aliphatic heterocycles. The van der Waals surface area contributed by atoms with Crippen molar-refractivity contribution in [2.24, 2.45) is 11.1 Å². The van der Waals surface area contributed by atoms with E-state index >= 15 is 0 Å². The van der Waals surface area contributed by atoms with E-state index in [1.807, 2.05) is 0 Å². The number of anilines is 1. The van der Waals surface area contributed by atoms with Crippen molar-refractivity contribution < 1.29 is 0 Å². The van der Waals surface area contributed by atoms with Gasteiger partial charge in [0.2, 0.25) is 0 Å². The van der Waals surface area contributed by atoms with E-state index in [1.165, 1.54) is 0 Å². The predicted molar refractivity (Wildman–Crippen MR) is 70.5 cm³/mol. The zero-order valence-corrected chi connectivity index (χ0v) is 10.8. The molecule has 3 N–H and O–H groups in total. The third-order valence-corrected chi connectivity index (χ3v) is 2.90. The van der Waals surface area contributed by atoms with Gasteiger partial charge < -0.3 is 11.1 Å². The van der Waals surface area contributed by atoms with Crippen LogP contribution in [0, 0.1) is 5.41 Å². The number of aromatic nitrogens is 2. The topological polar surface area (TPSA) is 63.8 Å². The second kappa shape index (κ2) is 5.21. The van der Waals surface area contributed by atoms with Crippen LogP contribution in [-0.2, 0) is 0 Å². The van der Waals surface area contributed by atoms with E-state index in [4.69, 9.17) is 18.0 Å². The average molecular weight is 238 g/mol. The molecule has 0 bridgehead atoms. The van der Waals surface area contributed by atoms with Gasteiger partial charge in [-0.05, 0) is 17.9 Å². The van der Waals surface area contributed by atoms with Gasteiger partial charge in [0.15, 0.2) is 5.82 Å². The van der Waals surface area contributed by atoms with Crippen LogP contribution in [0.15, 0.2) is 12.3 Å². The molecule has 0 amide bonds.